The Balaban J connectivity index is 1.95. The Bertz CT molecular complexity index is 582. The molecule has 0 unspecified atom stereocenters. The number of halogens is 1. The molecule has 0 saturated carbocycles. The van der Waals surface area contributed by atoms with E-state index in [0.717, 1.165) is 22.3 Å². The van der Waals surface area contributed by atoms with Crippen molar-refractivity contribution in [2.45, 2.75) is 40.0 Å². The second kappa shape index (κ2) is 7.57. The maximum absolute atomic E-state index is 5.75. The third-order valence-electron chi connectivity index (χ3n) is 3.17. The predicted octanol–water partition coefficient (Wildman–Crippen LogP) is 4.23. The summed E-state index contributed by atoms with van der Waals surface area (Å²) in [5, 5.41) is 3.40. The summed E-state index contributed by atoms with van der Waals surface area (Å²) < 4.78 is 6.82. The van der Waals surface area contributed by atoms with Gasteiger partial charge in [0.2, 0.25) is 5.88 Å². The van der Waals surface area contributed by atoms with Crippen LogP contribution in [-0.2, 0) is 13.2 Å². The first-order chi connectivity index (χ1) is 10.0. The van der Waals surface area contributed by atoms with Gasteiger partial charge < -0.3 is 10.1 Å². The molecule has 1 heterocycles. The van der Waals surface area contributed by atoms with Crippen molar-refractivity contribution >= 4 is 15.9 Å². The summed E-state index contributed by atoms with van der Waals surface area (Å²) in [6, 6.07) is 12.6. The Hall–Kier alpha value is -1.39. The van der Waals surface area contributed by atoms with Crippen LogP contribution in [0, 0.1) is 6.92 Å². The van der Waals surface area contributed by atoms with Gasteiger partial charge in [-0.2, -0.15) is 0 Å². The van der Waals surface area contributed by atoms with Crippen molar-refractivity contribution in [2.75, 3.05) is 0 Å². The number of nitrogens with zero attached hydrogens (tertiary/aromatic N) is 1. The number of aryl methyl sites for hydroxylation is 1. The van der Waals surface area contributed by atoms with Crippen molar-refractivity contribution in [3.8, 4) is 5.88 Å². The van der Waals surface area contributed by atoms with Crippen LogP contribution in [0.5, 0.6) is 5.88 Å². The first-order valence-corrected chi connectivity index (χ1v) is 7.91. The predicted molar refractivity (Wildman–Crippen MR) is 89.4 cm³/mol. The molecule has 0 aliphatic rings. The standard InChI is InChI=1S/C17H21BrN2O/c1-12(2)19-10-15-6-9-17(20-13(15)3)21-11-14-4-7-16(18)8-5-14/h4-9,12,19H,10-11H2,1-3H3. The fourth-order valence-electron chi connectivity index (χ4n) is 1.89. The van der Waals surface area contributed by atoms with Gasteiger partial charge in [0.15, 0.2) is 0 Å². The number of nitrogens with one attached hydrogen (secondary N) is 1. The monoisotopic (exact) mass is 348 g/mol. The largest absolute Gasteiger partial charge is 0.473 e. The van der Waals surface area contributed by atoms with Crippen LogP contribution in [0.4, 0.5) is 0 Å². The highest BCUT2D eigenvalue weighted by atomic mass is 79.9. The lowest BCUT2D eigenvalue weighted by atomic mass is 10.2. The van der Waals surface area contributed by atoms with Crippen molar-refractivity contribution in [1.29, 1.82) is 0 Å². The molecule has 2 rings (SSSR count). The van der Waals surface area contributed by atoms with Crippen molar-refractivity contribution in [1.82, 2.24) is 10.3 Å². The van der Waals surface area contributed by atoms with Gasteiger partial charge in [0, 0.05) is 28.8 Å². The third kappa shape index (κ3) is 5.14. The number of benzene rings is 1. The summed E-state index contributed by atoms with van der Waals surface area (Å²) in [5.74, 6) is 0.670. The zero-order chi connectivity index (χ0) is 15.2. The normalized spacial score (nSPS) is 10.9. The molecule has 2 aromatic rings. The highest BCUT2D eigenvalue weighted by Crippen LogP contribution is 2.15. The average molecular weight is 349 g/mol. The molecule has 0 bridgehead atoms. The van der Waals surface area contributed by atoms with E-state index in [1.165, 1.54) is 5.56 Å². The second-order valence-corrected chi connectivity index (χ2v) is 6.26. The van der Waals surface area contributed by atoms with E-state index in [-0.39, 0.29) is 0 Å². The fraction of sp³-hybridized carbons (Fsp3) is 0.353. The van der Waals surface area contributed by atoms with Gasteiger partial charge in [-0.3, -0.25) is 0 Å². The molecule has 4 heteroatoms. The van der Waals surface area contributed by atoms with E-state index >= 15 is 0 Å². The molecule has 0 amide bonds. The topological polar surface area (TPSA) is 34.1 Å². The molecule has 0 spiro atoms. The molecular formula is C17H21BrN2O. The van der Waals surface area contributed by atoms with E-state index in [1.54, 1.807) is 0 Å². The van der Waals surface area contributed by atoms with E-state index in [9.17, 15) is 0 Å². The third-order valence-corrected chi connectivity index (χ3v) is 3.70. The lowest BCUT2D eigenvalue weighted by Gasteiger charge is -2.12. The molecule has 0 radical (unpaired) electrons. The van der Waals surface area contributed by atoms with Crippen LogP contribution in [0.3, 0.4) is 0 Å². The molecule has 21 heavy (non-hydrogen) atoms. The molecule has 0 atom stereocenters. The Morgan fingerprint density at radius 3 is 2.48 bits per heavy atom. The number of hydrogen-bond donors (Lipinski definition) is 1. The zero-order valence-electron chi connectivity index (χ0n) is 12.7. The molecule has 0 aliphatic heterocycles. The van der Waals surface area contributed by atoms with Crippen LogP contribution in [0.2, 0.25) is 0 Å². The van der Waals surface area contributed by atoms with E-state index in [0.29, 0.717) is 18.5 Å². The summed E-state index contributed by atoms with van der Waals surface area (Å²) in [7, 11) is 0. The van der Waals surface area contributed by atoms with E-state index < -0.39 is 0 Å². The van der Waals surface area contributed by atoms with E-state index in [4.69, 9.17) is 4.74 Å². The molecule has 0 fully saturated rings. The smallest absolute Gasteiger partial charge is 0.213 e. The SMILES string of the molecule is Cc1nc(OCc2ccc(Br)cc2)ccc1CNC(C)C. The molecule has 3 nitrogen and oxygen atoms in total. The zero-order valence-corrected chi connectivity index (χ0v) is 14.3. The number of ether oxygens (including phenoxy) is 1. The minimum atomic E-state index is 0.470. The first kappa shape index (κ1) is 16.0. The summed E-state index contributed by atoms with van der Waals surface area (Å²) >= 11 is 3.42. The van der Waals surface area contributed by atoms with Crippen molar-refractivity contribution in [3.63, 3.8) is 0 Å². The minimum absolute atomic E-state index is 0.470. The molecule has 1 N–H and O–H groups in total. The Kier molecular flexibility index (Phi) is 5.76. The second-order valence-electron chi connectivity index (χ2n) is 5.34. The quantitative estimate of drug-likeness (QED) is 0.848. The number of aromatic nitrogens is 1. The molecule has 1 aromatic carbocycles. The van der Waals surface area contributed by atoms with Crippen LogP contribution >= 0.6 is 15.9 Å². The van der Waals surface area contributed by atoms with Crippen LogP contribution in [-0.4, -0.2) is 11.0 Å². The van der Waals surface area contributed by atoms with Crippen LogP contribution in [0.15, 0.2) is 40.9 Å². The van der Waals surface area contributed by atoms with Gasteiger partial charge in [0.05, 0.1) is 0 Å². The van der Waals surface area contributed by atoms with Gasteiger partial charge in [-0.25, -0.2) is 4.98 Å². The minimum Gasteiger partial charge on any atom is -0.473 e. The Morgan fingerprint density at radius 2 is 1.86 bits per heavy atom. The Labute approximate surface area is 134 Å². The number of pyridine rings is 1. The van der Waals surface area contributed by atoms with Crippen molar-refractivity contribution in [3.05, 3.63) is 57.7 Å². The maximum Gasteiger partial charge on any atom is 0.213 e. The van der Waals surface area contributed by atoms with Crippen LogP contribution in [0.25, 0.3) is 0 Å². The Morgan fingerprint density at radius 1 is 1.14 bits per heavy atom. The summed E-state index contributed by atoms with van der Waals surface area (Å²) in [6.07, 6.45) is 0. The highest BCUT2D eigenvalue weighted by Gasteiger charge is 2.04. The lowest BCUT2D eigenvalue weighted by Crippen LogP contribution is -2.22. The molecule has 0 saturated heterocycles. The van der Waals surface area contributed by atoms with Crippen LogP contribution in [0.1, 0.15) is 30.7 Å². The molecular weight excluding hydrogens is 328 g/mol. The maximum atomic E-state index is 5.75. The van der Waals surface area contributed by atoms with Crippen molar-refractivity contribution in [2.24, 2.45) is 0 Å². The molecule has 0 aliphatic carbocycles. The van der Waals surface area contributed by atoms with E-state index in [2.05, 4.69) is 46.1 Å². The van der Waals surface area contributed by atoms with Gasteiger partial charge in [-0.15, -0.1) is 0 Å². The van der Waals surface area contributed by atoms with Crippen LogP contribution < -0.4 is 10.1 Å². The molecule has 1 aromatic heterocycles. The highest BCUT2D eigenvalue weighted by molar-refractivity contribution is 9.10. The summed E-state index contributed by atoms with van der Waals surface area (Å²) in [6.45, 7) is 7.66. The summed E-state index contributed by atoms with van der Waals surface area (Å²) in [4.78, 5) is 4.51. The number of hydrogen-bond acceptors (Lipinski definition) is 3. The van der Waals surface area contributed by atoms with Gasteiger partial charge in [-0.05, 0) is 30.2 Å². The summed E-state index contributed by atoms with van der Waals surface area (Å²) in [5.41, 5.74) is 3.35. The van der Waals surface area contributed by atoms with Gasteiger partial charge in [-0.1, -0.05) is 48.0 Å². The lowest BCUT2D eigenvalue weighted by molar-refractivity contribution is 0.293. The fourth-order valence-corrected chi connectivity index (χ4v) is 2.15. The first-order valence-electron chi connectivity index (χ1n) is 7.12. The van der Waals surface area contributed by atoms with Gasteiger partial charge in [0.1, 0.15) is 6.61 Å². The number of rotatable bonds is 6. The van der Waals surface area contributed by atoms with Gasteiger partial charge >= 0.3 is 0 Å². The molecule has 112 valence electrons. The van der Waals surface area contributed by atoms with E-state index in [1.807, 2.05) is 37.3 Å². The average Bonchev–Trinajstić information content (AvgIpc) is 2.45. The van der Waals surface area contributed by atoms with Crippen molar-refractivity contribution < 1.29 is 4.74 Å². The van der Waals surface area contributed by atoms with Gasteiger partial charge in [0.25, 0.3) is 0 Å².